The van der Waals surface area contributed by atoms with Gasteiger partial charge in [0.15, 0.2) is 0 Å². The Morgan fingerprint density at radius 2 is 2.06 bits per heavy atom. The lowest BCUT2D eigenvalue weighted by atomic mass is 9.89. The predicted octanol–water partition coefficient (Wildman–Crippen LogP) is 0.679. The number of rotatable bonds is 2. The Balaban J connectivity index is 1.99. The summed E-state index contributed by atoms with van der Waals surface area (Å²) in [5.41, 5.74) is 0. The van der Waals surface area contributed by atoms with Gasteiger partial charge in [-0.2, -0.15) is 0 Å². The van der Waals surface area contributed by atoms with E-state index in [1.54, 1.807) is 0 Å². The molecule has 1 aliphatic heterocycles. The Morgan fingerprint density at radius 3 is 2.76 bits per heavy atom. The smallest absolute Gasteiger partial charge is 0.239 e. The first-order valence-electron chi connectivity index (χ1n) is 6.81. The largest absolute Gasteiger partial charge is 0.343 e. The molecule has 0 radical (unpaired) electrons. The van der Waals surface area contributed by atoms with Crippen LogP contribution in [0.15, 0.2) is 0 Å². The molecule has 2 fully saturated rings. The fourth-order valence-corrected chi connectivity index (χ4v) is 3.26. The zero-order chi connectivity index (χ0) is 12.4. The van der Waals surface area contributed by atoms with Gasteiger partial charge in [0.25, 0.3) is 0 Å². The summed E-state index contributed by atoms with van der Waals surface area (Å²) in [5, 5.41) is 3.39. The summed E-state index contributed by atoms with van der Waals surface area (Å²) in [4.78, 5) is 16.3. The van der Waals surface area contributed by atoms with Crippen LogP contribution in [0.3, 0.4) is 0 Å². The van der Waals surface area contributed by atoms with Crippen molar-refractivity contribution in [1.29, 1.82) is 0 Å². The summed E-state index contributed by atoms with van der Waals surface area (Å²) in [6.45, 7) is 3.97. The molecule has 1 heterocycles. The Kier molecular flexibility index (Phi) is 4.05. The summed E-state index contributed by atoms with van der Waals surface area (Å²) in [5.74, 6) is 0.280. The van der Waals surface area contributed by atoms with E-state index >= 15 is 0 Å². The van der Waals surface area contributed by atoms with E-state index in [9.17, 15) is 4.79 Å². The maximum absolute atomic E-state index is 12.0. The molecule has 4 nitrogen and oxygen atoms in total. The topological polar surface area (TPSA) is 35.6 Å². The second-order valence-electron chi connectivity index (χ2n) is 5.48. The van der Waals surface area contributed by atoms with Crippen molar-refractivity contribution in [1.82, 2.24) is 15.1 Å². The molecule has 0 aromatic carbocycles. The van der Waals surface area contributed by atoms with E-state index in [1.165, 1.54) is 25.7 Å². The van der Waals surface area contributed by atoms with E-state index in [4.69, 9.17) is 0 Å². The molecule has 1 N–H and O–H groups in total. The summed E-state index contributed by atoms with van der Waals surface area (Å²) >= 11 is 0. The zero-order valence-electron chi connectivity index (χ0n) is 11.3. The quantitative estimate of drug-likeness (QED) is 0.770. The number of carbonyl (C=O) groups is 1. The minimum Gasteiger partial charge on any atom is -0.343 e. The number of hydrogen-bond donors (Lipinski definition) is 1. The maximum Gasteiger partial charge on any atom is 0.239 e. The number of piperazine rings is 1. The summed E-state index contributed by atoms with van der Waals surface area (Å²) < 4.78 is 0. The maximum atomic E-state index is 12.0. The molecule has 0 spiro atoms. The Bertz CT molecular complexity index is 282. The van der Waals surface area contributed by atoms with Crippen molar-refractivity contribution >= 4 is 5.91 Å². The summed E-state index contributed by atoms with van der Waals surface area (Å²) in [6.07, 6.45) is 5.00. The van der Waals surface area contributed by atoms with Crippen molar-refractivity contribution in [2.24, 2.45) is 0 Å². The van der Waals surface area contributed by atoms with E-state index < -0.39 is 0 Å². The molecule has 3 unspecified atom stereocenters. The van der Waals surface area contributed by atoms with E-state index in [0.29, 0.717) is 12.1 Å². The minimum absolute atomic E-state index is 0.0642. The third kappa shape index (κ3) is 2.63. The molecule has 3 atom stereocenters. The lowest BCUT2D eigenvalue weighted by Gasteiger charge is -2.44. The molecule has 0 bridgehead atoms. The van der Waals surface area contributed by atoms with Crippen molar-refractivity contribution in [3.05, 3.63) is 0 Å². The van der Waals surface area contributed by atoms with Gasteiger partial charge in [0.2, 0.25) is 5.91 Å². The molecule has 0 aromatic rings. The molecule has 98 valence electrons. The highest BCUT2D eigenvalue weighted by molar-refractivity contribution is 5.82. The SMILES string of the molecule is CNC1CCCC(N2CCN(C)C(=O)C2C)C1. The third-order valence-electron chi connectivity index (χ3n) is 4.45. The molecule has 1 saturated carbocycles. The van der Waals surface area contributed by atoms with Crippen LogP contribution in [0.25, 0.3) is 0 Å². The monoisotopic (exact) mass is 239 g/mol. The Morgan fingerprint density at radius 1 is 1.29 bits per heavy atom. The van der Waals surface area contributed by atoms with E-state index in [-0.39, 0.29) is 11.9 Å². The molecule has 2 aliphatic rings. The molecule has 1 amide bonds. The molecule has 1 aliphatic carbocycles. The van der Waals surface area contributed by atoms with Crippen LogP contribution in [-0.2, 0) is 4.79 Å². The van der Waals surface area contributed by atoms with Gasteiger partial charge in [-0.05, 0) is 33.2 Å². The lowest BCUT2D eigenvalue weighted by Crippen LogP contribution is -2.59. The highest BCUT2D eigenvalue weighted by Crippen LogP contribution is 2.26. The van der Waals surface area contributed by atoms with Crippen molar-refractivity contribution in [3.63, 3.8) is 0 Å². The number of nitrogens with zero attached hydrogens (tertiary/aromatic N) is 2. The fraction of sp³-hybridized carbons (Fsp3) is 0.923. The highest BCUT2D eigenvalue weighted by atomic mass is 16.2. The summed E-state index contributed by atoms with van der Waals surface area (Å²) in [6, 6.07) is 1.29. The molecule has 17 heavy (non-hydrogen) atoms. The number of hydrogen-bond acceptors (Lipinski definition) is 3. The fourth-order valence-electron chi connectivity index (χ4n) is 3.26. The van der Waals surface area contributed by atoms with Crippen LogP contribution >= 0.6 is 0 Å². The van der Waals surface area contributed by atoms with E-state index in [2.05, 4.69) is 17.1 Å². The number of amides is 1. The van der Waals surface area contributed by atoms with Gasteiger partial charge in [-0.25, -0.2) is 0 Å². The number of nitrogens with one attached hydrogen (secondary N) is 1. The van der Waals surface area contributed by atoms with E-state index in [0.717, 1.165) is 13.1 Å². The molecule has 1 saturated heterocycles. The first-order chi connectivity index (χ1) is 8.13. The van der Waals surface area contributed by atoms with Crippen LogP contribution < -0.4 is 5.32 Å². The van der Waals surface area contributed by atoms with Crippen molar-refractivity contribution < 1.29 is 4.79 Å². The number of carbonyl (C=O) groups excluding carboxylic acids is 1. The van der Waals surface area contributed by atoms with Crippen LogP contribution in [0.1, 0.15) is 32.6 Å². The van der Waals surface area contributed by atoms with Gasteiger partial charge in [0, 0.05) is 32.2 Å². The van der Waals surface area contributed by atoms with Gasteiger partial charge in [0.05, 0.1) is 6.04 Å². The Labute approximate surface area is 104 Å². The van der Waals surface area contributed by atoms with Crippen LogP contribution in [-0.4, -0.2) is 61.0 Å². The average molecular weight is 239 g/mol. The third-order valence-corrected chi connectivity index (χ3v) is 4.45. The van der Waals surface area contributed by atoms with Crippen LogP contribution in [0.2, 0.25) is 0 Å². The Hall–Kier alpha value is -0.610. The summed E-state index contributed by atoms with van der Waals surface area (Å²) in [7, 11) is 3.96. The first-order valence-corrected chi connectivity index (χ1v) is 6.81. The zero-order valence-corrected chi connectivity index (χ0v) is 11.3. The standard InChI is InChI=1S/C13H25N3O/c1-10-13(17)15(3)7-8-16(10)12-6-4-5-11(9-12)14-2/h10-12,14H,4-9H2,1-3H3. The lowest BCUT2D eigenvalue weighted by molar-refractivity contribution is -0.141. The predicted molar refractivity (Wildman–Crippen MR) is 68.9 cm³/mol. The van der Waals surface area contributed by atoms with E-state index in [1.807, 2.05) is 19.0 Å². The molecule has 2 rings (SSSR count). The van der Waals surface area contributed by atoms with Gasteiger partial charge in [-0.3, -0.25) is 9.69 Å². The highest BCUT2D eigenvalue weighted by Gasteiger charge is 2.35. The van der Waals surface area contributed by atoms with Gasteiger partial charge >= 0.3 is 0 Å². The van der Waals surface area contributed by atoms with Crippen molar-refractivity contribution in [2.45, 2.75) is 50.7 Å². The second kappa shape index (κ2) is 5.36. The van der Waals surface area contributed by atoms with Crippen LogP contribution in [0.5, 0.6) is 0 Å². The molecular weight excluding hydrogens is 214 g/mol. The van der Waals surface area contributed by atoms with Gasteiger partial charge in [0.1, 0.15) is 0 Å². The van der Waals surface area contributed by atoms with Gasteiger partial charge in [-0.1, -0.05) is 6.42 Å². The molecular formula is C13H25N3O. The normalized spacial score (nSPS) is 36.3. The number of likely N-dealkylation sites (N-methyl/N-ethyl adjacent to an activating group) is 1. The first kappa shape index (κ1) is 12.8. The van der Waals surface area contributed by atoms with Crippen LogP contribution in [0.4, 0.5) is 0 Å². The second-order valence-corrected chi connectivity index (χ2v) is 5.48. The van der Waals surface area contributed by atoms with Gasteiger partial charge in [-0.15, -0.1) is 0 Å². The minimum atomic E-state index is 0.0642. The molecule has 0 aromatic heterocycles. The van der Waals surface area contributed by atoms with Crippen LogP contribution in [0, 0.1) is 0 Å². The van der Waals surface area contributed by atoms with Gasteiger partial charge < -0.3 is 10.2 Å². The molecule has 4 heteroatoms. The van der Waals surface area contributed by atoms with Crippen molar-refractivity contribution in [3.8, 4) is 0 Å². The average Bonchev–Trinajstić information content (AvgIpc) is 2.36. The van der Waals surface area contributed by atoms with Crippen molar-refractivity contribution in [2.75, 3.05) is 27.2 Å².